The molecule has 8 heteroatoms. The van der Waals surface area contributed by atoms with E-state index < -0.39 is 27.3 Å². The molecule has 7 nitrogen and oxygen atoms in total. The van der Waals surface area contributed by atoms with Gasteiger partial charge in [0, 0.05) is 0 Å². The Labute approximate surface area is 168 Å². The molecule has 3 rings (SSSR count). The molecular weight excluding hydrogens is 421 g/mol. The zero-order valence-electron chi connectivity index (χ0n) is 15.5. The molecule has 0 fully saturated rings. The van der Waals surface area contributed by atoms with Crippen LogP contribution in [0.5, 0.6) is 0 Å². The maximum atomic E-state index is 12.8. The molecule has 1 heterocycles. The van der Waals surface area contributed by atoms with Gasteiger partial charge in [-0.25, -0.2) is 0 Å². The van der Waals surface area contributed by atoms with Crippen LogP contribution in [0.3, 0.4) is 0 Å². The number of ether oxygens (including phenoxy) is 1. The second-order valence-corrected chi connectivity index (χ2v) is 9.38. The molecule has 3 aromatic rings. The average Bonchev–Trinajstić information content (AvgIpc) is 3.03. The van der Waals surface area contributed by atoms with Gasteiger partial charge in [-0.05, 0) is 0 Å². The third-order valence-electron chi connectivity index (χ3n) is 3.66. The zero-order valence-corrected chi connectivity index (χ0v) is 17.4. The number of nitrogen functional groups attached to an aromatic ring is 1. The van der Waals surface area contributed by atoms with E-state index in [0.29, 0.717) is 26.5 Å². The van der Waals surface area contributed by atoms with E-state index in [2.05, 4.69) is 5.16 Å². The number of nitrogens with two attached hydrogens (primary N) is 1. The van der Waals surface area contributed by atoms with E-state index in [1.807, 2.05) is 6.07 Å². The van der Waals surface area contributed by atoms with Crippen LogP contribution in [-0.2, 0) is 4.74 Å². The van der Waals surface area contributed by atoms with Crippen LogP contribution in [0, 0.1) is 11.3 Å². The third-order valence-corrected chi connectivity index (χ3v) is 5.84. The Hall–Kier alpha value is -3.10. The van der Waals surface area contributed by atoms with Gasteiger partial charge in [0.1, 0.15) is 0 Å². The fourth-order valence-electron chi connectivity index (χ4n) is 2.47. The summed E-state index contributed by atoms with van der Waals surface area (Å²) in [5, 5.41) is 13.6. The molecule has 0 unspecified atom stereocenters. The van der Waals surface area contributed by atoms with Gasteiger partial charge in [-0.15, -0.1) is 0 Å². The predicted octanol–water partition coefficient (Wildman–Crippen LogP) is 2.41. The topological polar surface area (TPSA) is 119 Å². The molecule has 0 spiro atoms. The van der Waals surface area contributed by atoms with Crippen LogP contribution in [0.1, 0.15) is 47.2 Å². The fraction of sp³-hybridized carbons (Fsp3) is 0.200. The summed E-state index contributed by atoms with van der Waals surface area (Å²) in [6, 6.07) is 11.6. The van der Waals surface area contributed by atoms with E-state index in [4.69, 9.17) is 20.3 Å². The Kier molecular flexibility index (Phi) is 5.26. The first-order valence-electron chi connectivity index (χ1n) is 8.36. The van der Waals surface area contributed by atoms with Crippen molar-refractivity contribution in [2.75, 3.05) is 5.73 Å². The van der Waals surface area contributed by atoms with Crippen molar-refractivity contribution in [3.05, 3.63) is 53.3 Å². The molecule has 141 valence electrons. The second-order valence-electron chi connectivity index (χ2n) is 7.05. The fourth-order valence-corrected chi connectivity index (χ4v) is 4.38. The minimum absolute atomic E-state index is 0.134. The van der Waals surface area contributed by atoms with Crippen molar-refractivity contribution in [2.45, 2.75) is 26.4 Å². The molecule has 0 aliphatic heterocycles. The van der Waals surface area contributed by atoms with Gasteiger partial charge in [0.2, 0.25) is 0 Å². The molecule has 0 amide bonds. The van der Waals surface area contributed by atoms with Gasteiger partial charge in [-0.2, -0.15) is 0 Å². The van der Waals surface area contributed by atoms with Crippen LogP contribution in [0.15, 0.2) is 40.9 Å². The molecule has 0 aliphatic carbocycles. The first kappa shape index (κ1) is 19.7. The Bertz CT molecular complexity index is 1120. The summed E-state index contributed by atoms with van der Waals surface area (Å²) in [6.07, 6.45) is 0. The van der Waals surface area contributed by atoms with Crippen molar-refractivity contribution in [3.63, 3.8) is 0 Å². The number of carbonyl (C=O) groups excluding carboxylic acids is 2. The van der Waals surface area contributed by atoms with Gasteiger partial charge in [-0.1, -0.05) is 0 Å². The molecular formula is C20H17AsN3O4. The Morgan fingerprint density at radius 1 is 1.21 bits per heavy atom. The van der Waals surface area contributed by atoms with Crippen LogP contribution in [0.2, 0.25) is 0 Å². The molecule has 2 N–H and O–H groups in total. The van der Waals surface area contributed by atoms with Crippen LogP contribution >= 0.6 is 0 Å². The third kappa shape index (κ3) is 4.24. The quantitative estimate of drug-likeness (QED) is 0.377. The molecule has 1 radical (unpaired) electrons. The standard InChI is InChI=1S/C20H17AsN3O4/c1-20(2,3)27-19(26)14-8-11(10-22)4-7-15(14)21-18(25)17-13-6-5-12(23)9-16(13)24-28-17/h4-9H,23H2,1-3H3. The summed E-state index contributed by atoms with van der Waals surface area (Å²) in [4.78, 5) is 25.4. The number of nitrogens with zero attached hydrogens (tertiary/aromatic N) is 2. The number of nitriles is 1. The average molecular weight is 438 g/mol. The van der Waals surface area contributed by atoms with Gasteiger partial charge in [0.25, 0.3) is 0 Å². The van der Waals surface area contributed by atoms with E-state index >= 15 is 0 Å². The van der Waals surface area contributed by atoms with Crippen molar-refractivity contribution >= 4 is 47.2 Å². The summed E-state index contributed by atoms with van der Waals surface area (Å²) in [7, 11) is 0. The number of anilines is 1. The molecule has 28 heavy (non-hydrogen) atoms. The molecule has 0 atom stereocenters. The Morgan fingerprint density at radius 2 is 1.96 bits per heavy atom. The van der Waals surface area contributed by atoms with E-state index in [1.54, 1.807) is 51.1 Å². The second kappa shape index (κ2) is 7.49. The number of esters is 1. The van der Waals surface area contributed by atoms with E-state index in [9.17, 15) is 9.59 Å². The first-order valence-corrected chi connectivity index (χ1v) is 10.2. The van der Waals surface area contributed by atoms with Crippen molar-refractivity contribution < 1.29 is 18.8 Å². The van der Waals surface area contributed by atoms with Gasteiger partial charge < -0.3 is 0 Å². The van der Waals surface area contributed by atoms with Gasteiger partial charge in [-0.3, -0.25) is 0 Å². The normalized spacial score (nSPS) is 11.6. The van der Waals surface area contributed by atoms with Crippen LogP contribution in [-0.4, -0.2) is 37.1 Å². The number of hydrogen-bond donors (Lipinski definition) is 1. The number of aromatic nitrogens is 1. The van der Waals surface area contributed by atoms with Gasteiger partial charge >= 0.3 is 168 Å². The van der Waals surface area contributed by atoms with Crippen molar-refractivity contribution in [3.8, 4) is 6.07 Å². The number of benzene rings is 2. The zero-order chi connectivity index (χ0) is 20.5. The van der Waals surface area contributed by atoms with E-state index in [1.165, 1.54) is 6.07 Å². The van der Waals surface area contributed by atoms with Crippen molar-refractivity contribution in [1.82, 2.24) is 5.16 Å². The predicted molar refractivity (Wildman–Crippen MR) is 104 cm³/mol. The van der Waals surface area contributed by atoms with Gasteiger partial charge in [0.05, 0.1) is 0 Å². The number of carbonyl (C=O) groups is 2. The molecule has 2 aromatic carbocycles. The Balaban J connectivity index is 1.95. The Morgan fingerprint density at radius 3 is 2.64 bits per heavy atom. The summed E-state index contributed by atoms with van der Waals surface area (Å²) in [5.74, 6) is -0.438. The number of fused-ring (bicyclic) bond motifs is 1. The van der Waals surface area contributed by atoms with Crippen LogP contribution in [0.4, 0.5) is 5.69 Å². The molecule has 1 aromatic heterocycles. The maximum absolute atomic E-state index is 12.8. The van der Waals surface area contributed by atoms with Crippen molar-refractivity contribution in [2.24, 2.45) is 0 Å². The van der Waals surface area contributed by atoms with E-state index in [0.717, 1.165) is 0 Å². The van der Waals surface area contributed by atoms with E-state index in [-0.39, 0.29) is 15.9 Å². The SMILES string of the molecule is CC(C)(C)OC(=O)c1cc(C#N)ccc1[As]C(=O)c1onc2cc(N)ccc12. The summed E-state index contributed by atoms with van der Waals surface area (Å²) >= 11 is -1.12. The van der Waals surface area contributed by atoms with Gasteiger partial charge in [0.15, 0.2) is 0 Å². The number of hydrogen-bond acceptors (Lipinski definition) is 7. The molecule has 0 bridgehead atoms. The van der Waals surface area contributed by atoms with Crippen LogP contribution < -0.4 is 10.1 Å². The molecule has 0 saturated carbocycles. The molecule has 0 aliphatic rings. The number of rotatable bonds is 4. The molecule has 0 saturated heterocycles. The minimum atomic E-state index is -1.12. The summed E-state index contributed by atoms with van der Waals surface area (Å²) < 4.78 is 10.9. The summed E-state index contributed by atoms with van der Waals surface area (Å²) in [6.45, 7) is 5.26. The van der Waals surface area contributed by atoms with Crippen molar-refractivity contribution in [1.29, 1.82) is 5.26 Å². The first-order chi connectivity index (χ1) is 13.2. The monoisotopic (exact) mass is 438 g/mol. The van der Waals surface area contributed by atoms with Crippen LogP contribution in [0.25, 0.3) is 10.9 Å². The summed E-state index contributed by atoms with van der Waals surface area (Å²) in [5.41, 5.74) is 6.58.